The number of pyridine rings is 1. The number of benzene rings is 1. The van der Waals surface area contributed by atoms with E-state index in [1.165, 1.54) is 24.1 Å². The van der Waals surface area contributed by atoms with Crippen molar-refractivity contribution < 1.29 is 0 Å². The molecule has 1 aliphatic heterocycles. The zero-order valence-corrected chi connectivity index (χ0v) is 14.9. The second-order valence-electron chi connectivity index (χ2n) is 6.19. The molecule has 24 heavy (non-hydrogen) atoms. The van der Waals surface area contributed by atoms with Crippen LogP contribution in [0.1, 0.15) is 24.6 Å². The minimum Gasteiger partial charge on any atom is -0.370 e. The number of hydrogen-bond donors (Lipinski definition) is 1. The van der Waals surface area contributed by atoms with Crippen molar-refractivity contribution in [1.29, 1.82) is 0 Å². The van der Waals surface area contributed by atoms with Crippen molar-refractivity contribution in [2.75, 3.05) is 18.0 Å². The molecule has 0 saturated carbocycles. The maximum Gasteiger partial charge on any atom is 0.111 e. The Balaban J connectivity index is 1.53. The first-order valence-electron chi connectivity index (χ1n) is 8.25. The van der Waals surface area contributed by atoms with Crippen LogP contribution in [0, 0.1) is 0 Å². The largest absolute Gasteiger partial charge is 0.370 e. The van der Waals surface area contributed by atoms with Crippen LogP contribution >= 0.6 is 15.9 Å². The van der Waals surface area contributed by atoms with E-state index >= 15 is 0 Å². The summed E-state index contributed by atoms with van der Waals surface area (Å²) in [4.78, 5) is 14.9. The van der Waals surface area contributed by atoms with Gasteiger partial charge in [0.25, 0.3) is 0 Å². The van der Waals surface area contributed by atoms with Crippen molar-refractivity contribution in [2.45, 2.75) is 18.8 Å². The molecule has 3 aromatic rings. The number of anilines is 1. The second kappa shape index (κ2) is 6.77. The number of hydrogen-bond acceptors (Lipinski definition) is 3. The van der Waals surface area contributed by atoms with Crippen molar-refractivity contribution in [2.24, 2.45) is 0 Å². The predicted octanol–water partition coefficient (Wildman–Crippen LogP) is 4.62. The Morgan fingerprint density at radius 3 is 2.83 bits per heavy atom. The van der Waals surface area contributed by atoms with Gasteiger partial charge in [-0.1, -0.05) is 30.3 Å². The zero-order chi connectivity index (χ0) is 16.4. The summed E-state index contributed by atoms with van der Waals surface area (Å²) in [5.41, 5.74) is 3.44. The molecule has 1 saturated heterocycles. The normalized spacial score (nSPS) is 17.9. The third kappa shape index (κ3) is 3.22. The summed E-state index contributed by atoms with van der Waals surface area (Å²) < 4.78 is 1.02. The molecule has 5 heteroatoms. The van der Waals surface area contributed by atoms with Crippen molar-refractivity contribution in [3.63, 3.8) is 0 Å². The maximum atomic E-state index is 4.65. The third-order valence-corrected chi connectivity index (χ3v) is 4.98. The summed E-state index contributed by atoms with van der Waals surface area (Å²) in [6.45, 7) is 2.04. The van der Waals surface area contributed by atoms with E-state index in [-0.39, 0.29) is 0 Å². The summed E-state index contributed by atoms with van der Waals surface area (Å²) in [7, 11) is 0. The van der Waals surface area contributed by atoms with Crippen LogP contribution in [0.3, 0.4) is 0 Å². The van der Waals surface area contributed by atoms with Gasteiger partial charge in [0, 0.05) is 29.7 Å². The monoisotopic (exact) mass is 382 g/mol. The lowest BCUT2D eigenvalue weighted by atomic mass is 9.97. The van der Waals surface area contributed by atoms with Crippen LogP contribution in [0.15, 0.2) is 59.5 Å². The van der Waals surface area contributed by atoms with Gasteiger partial charge >= 0.3 is 0 Å². The molecule has 122 valence electrons. The molecular weight excluding hydrogens is 364 g/mol. The van der Waals surface area contributed by atoms with E-state index in [0.717, 1.165) is 29.1 Å². The summed E-state index contributed by atoms with van der Waals surface area (Å²) in [5.74, 6) is 1.51. The molecule has 1 unspecified atom stereocenters. The lowest BCUT2D eigenvalue weighted by Gasteiger charge is -2.33. The Morgan fingerprint density at radius 2 is 2.00 bits per heavy atom. The van der Waals surface area contributed by atoms with Gasteiger partial charge < -0.3 is 9.88 Å². The van der Waals surface area contributed by atoms with Gasteiger partial charge in [0.05, 0.1) is 23.8 Å². The maximum absolute atomic E-state index is 4.65. The molecule has 2 aromatic heterocycles. The van der Waals surface area contributed by atoms with Crippen molar-refractivity contribution in [1.82, 2.24) is 15.0 Å². The molecule has 1 N–H and O–H groups in total. The average molecular weight is 383 g/mol. The van der Waals surface area contributed by atoms with Crippen molar-refractivity contribution in [3.05, 3.63) is 65.3 Å². The van der Waals surface area contributed by atoms with Crippen LogP contribution < -0.4 is 4.90 Å². The van der Waals surface area contributed by atoms with Crippen LogP contribution in [0.2, 0.25) is 0 Å². The molecule has 0 amide bonds. The molecule has 1 fully saturated rings. The lowest BCUT2D eigenvalue weighted by Crippen LogP contribution is -2.34. The van der Waals surface area contributed by atoms with E-state index < -0.39 is 0 Å². The first kappa shape index (κ1) is 15.4. The minimum absolute atomic E-state index is 0.426. The first-order chi connectivity index (χ1) is 11.8. The van der Waals surface area contributed by atoms with E-state index in [1.807, 2.05) is 24.7 Å². The summed E-state index contributed by atoms with van der Waals surface area (Å²) >= 11 is 3.51. The molecule has 1 aromatic carbocycles. The quantitative estimate of drug-likeness (QED) is 0.718. The lowest BCUT2D eigenvalue weighted by molar-refractivity contribution is 0.494. The average Bonchev–Trinajstić information content (AvgIpc) is 3.13. The number of aromatic nitrogens is 3. The molecule has 0 bridgehead atoms. The Morgan fingerprint density at radius 1 is 1.12 bits per heavy atom. The number of halogens is 1. The second-order valence-corrected chi connectivity index (χ2v) is 7.11. The fourth-order valence-electron chi connectivity index (χ4n) is 3.32. The number of H-pyrrole nitrogens is 1. The highest BCUT2D eigenvalue weighted by atomic mass is 79.9. The molecule has 3 heterocycles. The van der Waals surface area contributed by atoms with Gasteiger partial charge in [-0.05, 0) is 40.4 Å². The zero-order valence-electron chi connectivity index (χ0n) is 13.3. The third-order valence-electron chi connectivity index (χ3n) is 4.54. The fraction of sp³-hybridized carbons (Fsp3) is 0.263. The van der Waals surface area contributed by atoms with E-state index in [4.69, 9.17) is 0 Å². The molecule has 0 radical (unpaired) electrons. The first-order valence-corrected chi connectivity index (χ1v) is 9.05. The minimum atomic E-state index is 0.426. The van der Waals surface area contributed by atoms with Gasteiger partial charge in [0.2, 0.25) is 0 Å². The fourth-order valence-corrected chi connectivity index (χ4v) is 3.67. The Bertz CT molecular complexity index is 815. The highest BCUT2D eigenvalue weighted by Crippen LogP contribution is 2.30. The summed E-state index contributed by atoms with van der Waals surface area (Å²) in [6.07, 6.45) is 8.04. The van der Waals surface area contributed by atoms with E-state index in [9.17, 15) is 0 Å². The summed E-state index contributed by atoms with van der Waals surface area (Å²) in [6, 6.07) is 12.5. The number of nitrogens with zero attached hydrogens (tertiary/aromatic N) is 3. The molecule has 4 nitrogen and oxygen atoms in total. The predicted molar refractivity (Wildman–Crippen MR) is 100 cm³/mol. The molecule has 0 aliphatic carbocycles. The number of aromatic amines is 1. The number of imidazole rings is 1. The van der Waals surface area contributed by atoms with Crippen LogP contribution in [-0.4, -0.2) is 28.0 Å². The van der Waals surface area contributed by atoms with Gasteiger partial charge in [-0.3, -0.25) is 4.98 Å². The van der Waals surface area contributed by atoms with Crippen LogP contribution in [0.4, 0.5) is 5.69 Å². The molecule has 1 atom stereocenters. The number of nitrogens with one attached hydrogen (secondary N) is 1. The Hall–Kier alpha value is -2.14. The van der Waals surface area contributed by atoms with E-state index in [0.29, 0.717) is 5.92 Å². The molecule has 4 rings (SSSR count). The standard InChI is InChI=1S/C19H19BrN4/c20-16-9-17(11-21-10-16)24-8-4-7-15(13-24)19-22-12-18(23-19)14-5-2-1-3-6-14/h1-3,5-6,9-12,15H,4,7-8,13H2,(H,22,23). The van der Waals surface area contributed by atoms with Gasteiger partial charge in [-0.15, -0.1) is 0 Å². The Labute approximate surface area is 150 Å². The van der Waals surface area contributed by atoms with E-state index in [2.05, 4.69) is 66.1 Å². The van der Waals surface area contributed by atoms with Gasteiger partial charge in [-0.2, -0.15) is 0 Å². The Kier molecular flexibility index (Phi) is 4.34. The highest BCUT2D eigenvalue weighted by molar-refractivity contribution is 9.10. The molecular formula is C19H19BrN4. The highest BCUT2D eigenvalue weighted by Gasteiger charge is 2.24. The molecule has 0 spiro atoms. The topological polar surface area (TPSA) is 44.8 Å². The molecule has 1 aliphatic rings. The van der Waals surface area contributed by atoms with Gasteiger partial charge in [-0.25, -0.2) is 4.98 Å². The van der Waals surface area contributed by atoms with Gasteiger partial charge in [0.15, 0.2) is 0 Å². The number of piperidine rings is 1. The van der Waals surface area contributed by atoms with Crippen molar-refractivity contribution in [3.8, 4) is 11.3 Å². The van der Waals surface area contributed by atoms with Crippen LogP contribution in [-0.2, 0) is 0 Å². The summed E-state index contributed by atoms with van der Waals surface area (Å²) in [5, 5.41) is 0. The van der Waals surface area contributed by atoms with Crippen molar-refractivity contribution >= 4 is 21.6 Å². The van der Waals surface area contributed by atoms with Crippen LogP contribution in [0.5, 0.6) is 0 Å². The van der Waals surface area contributed by atoms with E-state index in [1.54, 1.807) is 0 Å². The van der Waals surface area contributed by atoms with Crippen LogP contribution in [0.25, 0.3) is 11.3 Å². The smallest absolute Gasteiger partial charge is 0.111 e. The number of rotatable bonds is 3. The SMILES string of the molecule is Brc1cncc(N2CCCC(c3ncc(-c4ccccc4)[nH]3)C2)c1. The van der Waals surface area contributed by atoms with Gasteiger partial charge in [0.1, 0.15) is 5.82 Å².